The molecule has 0 saturated heterocycles. The van der Waals surface area contributed by atoms with Crippen molar-refractivity contribution < 1.29 is 14.9 Å². The van der Waals surface area contributed by atoms with E-state index in [0.29, 0.717) is 13.0 Å². The molecule has 88 valence electrons. The molecule has 0 aromatic heterocycles. The van der Waals surface area contributed by atoms with Crippen molar-refractivity contribution >= 4 is 0 Å². The molecule has 3 nitrogen and oxygen atoms in total. The van der Waals surface area contributed by atoms with E-state index in [9.17, 15) is 5.11 Å². The van der Waals surface area contributed by atoms with Gasteiger partial charge in [-0.05, 0) is 12.0 Å². The van der Waals surface area contributed by atoms with Gasteiger partial charge in [-0.2, -0.15) is 0 Å². The van der Waals surface area contributed by atoms with Crippen molar-refractivity contribution in [3.8, 4) is 0 Å². The number of benzene rings is 1. The molecular formula is C13H18O3. The van der Waals surface area contributed by atoms with Crippen LogP contribution in [0.25, 0.3) is 0 Å². The van der Waals surface area contributed by atoms with Crippen molar-refractivity contribution in [3.05, 3.63) is 48.6 Å². The van der Waals surface area contributed by atoms with Crippen LogP contribution < -0.4 is 0 Å². The minimum Gasteiger partial charge on any atom is -0.393 e. The first-order chi connectivity index (χ1) is 7.70. The smallest absolute Gasteiger partial charge is 0.114 e. The topological polar surface area (TPSA) is 49.7 Å². The monoisotopic (exact) mass is 222 g/mol. The van der Waals surface area contributed by atoms with E-state index in [-0.39, 0.29) is 13.2 Å². The average Bonchev–Trinajstić information content (AvgIpc) is 2.31. The Morgan fingerprint density at radius 2 is 2.00 bits per heavy atom. The SMILES string of the molecule is C=CCC(O)(CO)COCc1ccccc1. The number of ether oxygens (including phenoxy) is 1. The summed E-state index contributed by atoms with van der Waals surface area (Å²) in [6.45, 7) is 3.74. The lowest BCUT2D eigenvalue weighted by atomic mass is 10.0. The zero-order valence-corrected chi connectivity index (χ0v) is 9.30. The molecule has 0 fully saturated rings. The van der Waals surface area contributed by atoms with Crippen molar-refractivity contribution in [1.29, 1.82) is 0 Å². The van der Waals surface area contributed by atoms with Gasteiger partial charge < -0.3 is 14.9 Å². The first-order valence-corrected chi connectivity index (χ1v) is 5.26. The number of rotatable bonds is 7. The summed E-state index contributed by atoms with van der Waals surface area (Å²) >= 11 is 0. The number of hydrogen-bond acceptors (Lipinski definition) is 3. The van der Waals surface area contributed by atoms with Gasteiger partial charge in [-0.3, -0.25) is 0 Å². The third kappa shape index (κ3) is 4.14. The van der Waals surface area contributed by atoms with Gasteiger partial charge in [-0.1, -0.05) is 36.4 Å². The van der Waals surface area contributed by atoms with Gasteiger partial charge in [0.25, 0.3) is 0 Å². The summed E-state index contributed by atoms with van der Waals surface area (Å²) in [6.07, 6.45) is 1.89. The van der Waals surface area contributed by atoms with Gasteiger partial charge in [0.15, 0.2) is 0 Å². The molecule has 0 aliphatic carbocycles. The van der Waals surface area contributed by atoms with Crippen molar-refractivity contribution in [2.24, 2.45) is 0 Å². The van der Waals surface area contributed by atoms with E-state index in [0.717, 1.165) is 5.56 Å². The van der Waals surface area contributed by atoms with Crippen LogP contribution in [0.15, 0.2) is 43.0 Å². The van der Waals surface area contributed by atoms with Crippen LogP contribution in [0.3, 0.4) is 0 Å². The van der Waals surface area contributed by atoms with Crippen LogP contribution in [-0.2, 0) is 11.3 Å². The fourth-order valence-electron chi connectivity index (χ4n) is 1.37. The molecule has 0 bridgehead atoms. The minimum atomic E-state index is -1.21. The summed E-state index contributed by atoms with van der Waals surface area (Å²) in [7, 11) is 0. The molecule has 0 spiro atoms. The molecule has 0 saturated carbocycles. The fraction of sp³-hybridized carbons (Fsp3) is 0.385. The van der Waals surface area contributed by atoms with Gasteiger partial charge in [0.2, 0.25) is 0 Å². The Bertz CT molecular complexity index is 310. The molecule has 1 aromatic carbocycles. The van der Waals surface area contributed by atoms with E-state index >= 15 is 0 Å². The predicted molar refractivity (Wildman–Crippen MR) is 62.9 cm³/mol. The van der Waals surface area contributed by atoms with E-state index in [1.54, 1.807) is 6.08 Å². The van der Waals surface area contributed by atoms with Gasteiger partial charge in [0.1, 0.15) is 5.60 Å². The maximum Gasteiger partial charge on any atom is 0.114 e. The van der Waals surface area contributed by atoms with E-state index in [1.807, 2.05) is 30.3 Å². The zero-order valence-electron chi connectivity index (χ0n) is 9.30. The maximum absolute atomic E-state index is 9.85. The zero-order chi connectivity index (χ0) is 11.9. The van der Waals surface area contributed by atoms with E-state index in [1.165, 1.54) is 0 Å². The quantitative estimate of drug-likeness (QED) is 0.687. The van der Waals surface area contributed by atoms with Crippen molar-refractivity contribution in [3.63, 3.8) is 0 Å². The molecule has 1 atom stereocenters. The van der Waals surface area contributed by atoms with Crippen LogP contribution in [0.4, 0.5) is 0 Å². The second-order valence-corrected chi connectivity index (χ2v) is 3.85. The van der Waals surface area contributed by atoms with E-state index in [4.69, 9.17) is 9.84 Å². The highest BCUT2D eigenvalue weighted by molar-refractivity contribution is 5.13. The van der Waals surface area contributed by atoms with Crippen LogP contribution in [-0.4, -0.2) is 29.0 Å². The standard InChI is InChI=1S/C13H18O3/c1-2-8-13(15,10-14)11-16-9-12-6-4-3-5-7-12/h2-7,14-15H,1,8-11H2. The minimum absolute atomic E-state index is 0.102. The first-order valence-electron chi connectivity index (χ1n) is 5.26. The molecule has 1 aromatic rings. The molecule has 3 heteroatoms. The largest absolute Gasteiger partial charge is 0.393 e. The average molecular weight is 222 g/mol. The van der Waals surface area contributed by atoms with Crippen LogP contribution in [0.1, 0.15) is 12.0 Å². The molecule has 0 heterocycles. The lowest BCUT2D eigenvalue weighted by Gasteiger charge is -2.24. The van der Waals surface area contributed by atoms with Crippen LogP contribution >= 0.6 is 0 Å². The van der Waals surface area contributed by atoms with Crippen LogP contribution in [0, 0.1) is 0 Å². The molecular weight excluding hydrogens is 204 g/mol. The number of hydrogen-bond donors (Lipinski definition) is 2. The molecule has 1 unspecified atom stereocenters. The Balaban J connectivity index is 2.36. The third-order valence-corrected chi connectivity index (χ3v) is 2.30. The second kappa shape index (κ2) is 6.43. The summed E-state index contributed by atoms with van der Waals surface area (Å²) in [5, 5.41) is 18.9. The molecule has 0 aliphatic rings. The fourth-order valence-corrected chi connectivity index (χ4v) is 1.37. The normalized spacial score (nSPS) is 14.4. The number of aliphatic hydroxyl groups excluding tert-OH is 1. The summed E-state index contributed by atoms with van der Waals surface area (Å²) < 4.78 is 5.37. The Morgan fingerprint density at radius 3 is 2.56 bits per heavy atom. The lowest BCUT2D eigenvalue weighted by molar-refractivity contribution is -0.0796. The Kier molecular flexibility index (Phi) is 5.19. The molecule has 0 radical (unpaired) electrons. The summed E-state index contributed by atoms with van der Waals surface area (Å²) in [5.41, 5.74) is -0.169. The van der Waals surface area contributed by atoms with E-state index < -0.39 is 5.60 Å². The Morgan fingerprint density at radius 1 is 1.31 bits per heavy atom. The summed E-state index contributed by atoms with van der Waals surface area (Å²) in [6, 6.07) is 9.70. The highest BCUT2D eigenvalue weighted by Gasteiger charge is 2.24. The Hall–Kier alpha value is -1.16. The summed E-state index contributed by atoms with van der Waals surface area (Å²) in [5.74, 6) is 0. The van der Waals surface area contributed by atoms with Gasteiger partial charge in [0.05, 0.1) is 19.8 Å². The van der Waals surface area contributed by atoms with Gasteiger partial charge in [-0.25, -0.2) is 0 Å². The lowest BCUT2D eigenvalue weighted by Crippen LogP contribution is -2.38. The second-order valence-electron chi connectivity index (χ2n) is 3.85. The van der Waals surface area contributed by atoms with Gasteiger partial charge in [0, 0.05) is 0 Å². The highest BCUT2D eigenvalue weighted by atomic mass is 16.5. The Labute approximate surface area is 96.0 Å². The number of aliphatic hydroxyl groups is 2. The molecule has 0 aliphatic heterocycles. The molecule has 1 rings (SSSR count). The van der Waals surface area contributed by atoms with Crippen LogP contribution in [0.2, 0.25) is 0 Å². The van der Waals surface area contributed by atoms with Crippen molar-refractivity contribution in [2.75, 3.05) is 13.2 Å². The summed E-state index contributed by atoms with van der Waals surface area (Å²) in [4.78, 5) is 0. The van der Waals surface area contributed by atoms with Crippen LogP contribution in [0.5, 0.6) is 0 Å². The van der Waals surface area contributed by atoms with Gasteiger partial charge >= 0.3 is 0 Å². The van der Waals surface area contributed by atoms with E-state index in [2.05, 4.69) is 6.58 Å². The van der Waals surface area contributed by atoms with Crippen molar-refractivity contribution in [2.45, 2.75) is 18.6 Å². The first kappa shape index (κ1) is 12.9. The third-order valence-electron chi connectivity index (χ3n) is 2.30. The highest BCUT2D eigenvalue weighted by Crippen LogP contribution is 2.12. The van der Waals surface area contributed by atoms with Crippen molar-refractivity contribution in [1.82, 2.24) is 0 Å². The van der Waals surface area contributed by atoms with Gasteiger partial charge in [-0.15, -0.1) is 6.58 Å². The molecule has 2 N–H and O–H groups in total. The predicted octanol–water partition coefficient (Wildman–Crippen LogP) is 1.50. The maximum atomic E-state index is 9.85. The molecule has 0 amide bonds. The molecule has 16 heavy (non-hydrogen) atoms.